The third-order valence-corrected chi connectivity index (χ3v) is 7.18. The summed E-state index contributed by atoms with van der Waals surface area (Å²) in [6.07, 6.45) is 2.93. The van der Waals surface area contributed by atoms with Crippen molar-refractivity contribution in [3.63, 3.8) is 0 Å². The van der Waals surface area contributed by atoms with E-state index in [1.165, 1.54) is 37.6 Å². The van der Waals surface area contributed by atoms with E-state index >= 15 is 0 Å². The van der Waals surface area contributed by atoms with E-state index in [1.54, 1.807) is 6.07 Å². The summed E-state index contributed by atoms with van der Waals surface area (Å²) in [5.41, 5.74) is 0.0312. The Kier molecular flexibility index (Phi) is 7.76. The molecule has 210 valence electrons. The second-order valence-electron chi connectivity index (χ2n) is 9.82. The number of aromatic nitrogens is 2. The van der Waals surface area contributed by atoms with Gasteiger partial charge >= 0.3 is 0 Å². The molecule has 0 unspecified atom stereocenters. The Hall–Kier alpha value is -4.36. The molecule has 1 aliphatic heterocycles. The molecule has 1 amide bonds. The molecule has 2 fully saturated rings. The van der Waals surface area contributed by atoms with Crippen LogP contribution in [0, 0.1) is 15.9 Å². The van der Waals surface area contributed by atoms with E-state index in [4.69, 9.17) is 4.74 Å². The van der Waals surface area contributed by atoms with Gasteiger partial charge in [0.15, 0.2) is 5.69 Å². The predicted octanol–water partition coefficient (Wildman–Crippen LogP) is 3.16. The summed E-state index contributed by atoms with van der Waals surface area (Å²) in [7, 11) is 1.33. The fourth-order valence-corrected chi connectivity index (χ4v) is 4.91. The minimum Gasteiger partial charge on any atom is -0.496 e. The summed E-state index contributed by atoms with van der Waals surface area (Å²) < 4.78 is 20.1. The van der Waals surface area contributed by atoms with E-state index in [-0.39, 0.29) is 46.2 Å². The van der Waals surface area contributed by atoms with E-state index < -0.39 is 28.6 Å². The third-order valence-electron chi connectivity index (χ3n) is 7.18. The average molecular weight is 553 g/mol. The predicted molar refractivity (Wildman–Crippen MR) is 144 cm³/mol. The van der Waals surface area contributed by atoms with Gasteiger partial charge in [-0.05, 0) is 43.9 Å². The smallest absolute Gasteiger partial charge is 0.295 e. The van der Waals surface area contributed by atoms with Crippen molar-refractivity contribution in [2.45, 2.75) is 43.9 Å². The number of nitrogens with zero attached hydrogens (tertiary/aromatic N) is 4. The molecule has 0 bridgehead atoms. The molecule has 2 aromatic heterocycles. The molecule has 1 saturated heterocycles. The van der Waals surface area contributed by atoms with Gasteiger partial charge in [0.05, 0.1) is 47.1 Å². The monoisotopic (exact) mass is 552 g/mol. The second-order valence-corrected chi connectivity index (χ2v) is 9.82. The number of aliphatic hydroxyl groups excluding tert-OH is 2. The maximum absolute atomic E-state index is 14.8. The number of halogens is 1. The number of hydrogen-bond acceptors (Lipinski definition) is 10. The summed E-state index contributed by atoms with van der Waals surface area (Å²) in [4.78, 5) is 34.8. The van der Waals surface area contributed by atoms with Gasteiger partial charge in [-0.15, -0.1) is 0 Å². The van der Waals surface area contributed by atoms with Crippen LogP contribution in [-0.4, -0.2) is 69.5 Å². The standard InChI is InChI=1S/C27H29FN6O6/c1-40-22-6-2-5-17(28)25(22)26-19(34(38)39)8-10-23(32-26)31-24-12-20(33-11-3-4-15(35)14-33)16(13-29-24)27(37)30-18-7-9-21(18)36/h2,5-6,8,10,12-13,15,18,21,35-36H,3-4,7,9,11,14H2,1H3,(H,30,37)(H,29,31,32)/t15-,18+,21+/m0/s1. The Bertz CT molecular complexity index is 1440. The van der Waals surface area contributed by atoms with Crippen molar-refractivity contribution >= 4 is 28.9 Å². The second kappa shape index (κ2) is 11.4. The molecule has 0 spiro atoms. The summed E-state index contributed by atoms with van der Waals surface area (Å²) in [5, 5.41) is 37.7. The number of pyridine rings is 2. The van der Waals surface area contributed by atoms with E-state index in [0.29, 0.717) is 38.0 Å². The van der Waals surface area contributed by atoms with Crippen molar-refractivity contribution in [3.05, 3.63) is 64.1 Å². The maximum Gasteiger partial charge on any atom is 0.295 e. The van der Waals surface area contributed by atoms with E-state index in [2.05, 4.69) is 20.6 Å². The van der Waals surface area contributed by atoms with Gasteiger partial charge in [-0.25, -0.2) is 14.4 Å². The molecule has 0 radical (unpaired) electrons. The number of amides is 1. The van der Waals surface area contributed by atoms with Crippen LogP contribution in [0.2, 0.25) is 0 Å². The number of benzene rings is 1. The van der Waals surface area contributed by atoms with Crippen molar-refractivity contribution in [1.29, 1.82) is 0 Å². The van der Waals surface area contributed by atoms with Crippen LogP contribution >= 0.6 is 0 Å². The maximum atomic E-state index is 14.8. The van der Waals surface area contributed by atoms with Crippen LogP contribution in [0.1, 0.15) is 36.0 Å². The van der Waals surface area contributed by atoms with E-state index in [0.717, 1.165) is 12.5 Å². The zero-order chi connectivity index (χ0) is 28.4. The molecule has 4 N–H and O–H groups in total. The zero-order valence-electron chi connectivity index (χ0n) is 21.7. The number of anilines is 3. The molecule has 1 saturated carbocycles. The van der Waals surface area contributed by atoms with Gasteiger partial charge in [0.2, 0.25) is 0 Å². The van der Waals surface area contributed by atoms with Gasteiger partial charge in [-0.2, -0.15) is 0 Å². The molecule has 1 aromatic carbocycles. The van der Waals surface area contributed by atoms with Crippen molar-refractivity contribution in [1.82, 2.24) is 15.3 Å². The van der Waals surface area contributed by atoms with E-state index in [1.807, 2.05) is 4.90 Å². The van der Waals surface area contributed by atoms with Gasteiger partial charge < -0.3 is 30.5 Å². The molecule has 13 heteroatoms. The number of piperidine rings is 1. The quantitative estimate of drug-likeness (QED) is 0.241. The van der Waals surface area contributed by atoms with Crippen LogP contribution < -0.4 is 20.3 Å². The molecule has 40 heavy (non-hydrogen) atoms. The molecular formula is C27H29FN6O6. The van der Waals surface area contributed by atoms with Crippen LogP contribution in [0.25, 0.3) is 11.3 Å². The Morgan fingerprint density at radius 1 is 1.20 bits per heavy atom. The first kappa shape index (κ1) is 27.2. The number of carbonyl (C=O) groups excluding carboxylic acids is 1. The lowest BCUT2D eigenvalue weighted by Gasteiger charge is -2.35. The number of nitrogens with one attached hydrogen (secondary N) is 2. The number of rotatable bonds is 8. The molecular weight excluding hydrogens is 523 g/mol. The number of ether oxygens (including phenoxy) is 1. The first-order valence-corrected chi connectivity index (χ1v) is 12.9. The lowest BCUT2D eigenvalue weighted by Crippen LogP contribution is -2.50. The third kappa shape index (κ3) is 5.51. The molecule has 1 aliphatic carbocycles. The van der Waals surface area contributed by atoms with Crippen LogP contribution in [0.3, 0.4) is 0 Å². The highest BCUT2D eigenvalue weighted by molar-refractivity contribution is 6.00. The minimum absolute atomic E-state index is 0.0868. The van der Waals surface area contributed by atoms with Gasteiger partial charge in [0.25, 0.3) is 11.6 Å². The summed E-state index contributed by atoms with van der Waals surface area (Å²) >= 11 is 0. The van der Waals surface area contributed by atoms with Crippen molar-refractivity contribution in [2.75, 3.05) is 30.4 Å². The lowest BCUT2D eigenvalue weighted by molar-refractivity contribution is -0.384. The molecule has 3 heterocycles. The molecule has 12 nitrogen and oxygen atoms in total. The number of methoxy groups -OCH3 is 1. The number of hydrogen-bond donors (Lipinski definition) is 4. The lowest BCUT2D eigenvalue weighted by atomic mass is 9.89. The van der Waals surface area contributed by atoms with Gasteiger partial charge in [-0.1, -0.05) is 6.07 Å². The largest absolute Gasteiger partial charge is 0.496 e. The van der Waals surface area contributed by atoms with Gasteiger partial charge in [0, 0.05) is 31.4 Å². The fourth-order valence-electron chi connectivity index (χ4n) is 4.91. The van der Waals surface area contributed by atoms with Gasteiger partial charge in [0.1, 0.15) is 23.2 Å². The Morgan fingerprint density at radius 2 is 2.02 bits per heavy atom. The topological polar surface area (TPSA) is 163 Å². The normalized spacial score (nSPS) is 20.4. The van der Waals surface area contributed by atoms with Crippen molar-refractivity contribution in [3.8, 4) is 17.0 Å². The summed E-state index contributed by atoms with van der Waals surface area (Å²) in [5.74, 6) is -0.604. The molecule has 3 atom stereocenters. The first-order valence-electron chi connectivity index (χ1n) is 12.9. The van der Waals surface area contributed by atoms with Gasteiger partial charge in [-0.3, -0.25) is 14.9 Å². The molecule has 5 rings (SSSR count). The molecule has 3 aromatic rings. The average Bonchev–Trinajstić information content (AvgIpc) is 2.94. The van der Waals surface area contributed by atoms with Crippen LogP contribution in [-0.2, 0) is 0 Å². The van der Waals surface area contributed by atoms with Crippen LogP contribution in [0.15, 0.2) is 42.6 Å². The number of β-amino-alcohol motifs (C(OH)–C–C–N with tert-alkyl or cyclic N) is 1. The summed E-state index contributed by atoms with van der Waals surface area (Å²) in [6, 6.07) is 7.97. The number of carbonyl (C=O) groups is 1. The highest BCUT2D eigenvalue weighted by Gasteiger charge is 2.32. The van der Waals surface area contributed by atoms with Crippen molar-refractivity contribution < 1.29 is 29.1 Å². The summed E-state index contributed by atoms with van der Waals surface area (Å²) in [6.45, 7) is 0.933. The number of nitro groups is 1. The minimum atomic E-state index is -0.733. The van der Waals surface area contributed by atoms with Crippen molar-refractivity contribution in [2.24, 2.45) is 0 Å². The zero-order valence-corrected chi connectivity index (χ0v) is 21.7. The van der Waals surface area contributed by atoms with Crippen LogP contribution in [0.5, 0.6) is 5.75 Å². The highest BCUT2D eigenvalue weighted by atomic mass is 19.1. The highest BCUT2D eigenvalue weighted by Crippen LogP contribution is 2.38. The molecule has 2 aliphatic rings. The Balaban J connectivity index is 1.50. The number of aliphatic hydroxyl groups is 2. The first-order chi connectivity index (χ1) is 19.2. The van der Waals surface area contributed by atoms with Crippen LogP contribution in [0.4, 0.5) is 27.4 Å². The van der Waals surface area contributed by atoms with E-state index in [9.17, 15) is 29.5 Å². The Morgan fingerprint density at radius 3 is 2.70 bits per heavy atom. The SMILES string of the molecule is COc1cccc(F)c1-c1nc(Nc2cc(N3CCC[C@H](O)C3)c(C(=O)N[C@@H]3CC[C@H]3O)cn2)ccc1[N+](=O)[O-]. The Labute approximate surface area is 229 Å². The fraction of sp³-hybridized carbons (Fsp3) is 0.370.